The van der Waals surface area contributed by atoms with Crippen LogP contribution in [0.25, 0.3) is 0 Å². The number of carbonyl (C=O) groups excluding carboxylic acids is 2. The summed E-state index contributed by atoms with van der Waals surface area (Å²) in [6.07, 6.45) is 0. The molecule has 2 aromatic rings. The first-order valence-corrected chi connectivity index (χ1v) is 7.61. The van der Waals surface area contributed by atoms with Crippen molar-refractivity contribution in [1.29, 1.82) is 0 Å². The largest absolute Gasteiger partial charge is 0.497 e. The van der Waals surface area contributed by atoms with Gasteiger partial charge in [-0.2, -0.15) is 0 Å². The Kier molecular flexibility index (Phi) is 6.13. The molecule has 0 aliphatic heterocycles. The van der Waals surface area contributed by atoms with Gasteiger partial charge in [0.1, 0.15) is 17.1 Å². The van der Waals surface area contributed by atoms with Crippen molar-refractivity contribution in [2.45, 2.75) is 0 Å². The van der Waals surface area contributed by atoms with Crippen LogP contribution in [-0.2, 0) is 4.74 Å². The molecule has 9 heteroatoms. The van der Waals surface area contributed by atoms with Crippen molar-refractivity contribution in [1.82, 2.24) is 0 Å². The summed E-state index contributed by atoms with van der Waals surface area (Å²) >= 11 is 5.77. The number of ketones is 1. The van der Waals surface area contributed by atoms with Crippen LogP contribution in [0.5, 0.6) is 11.5 Å². The van der Waals surface area contributed by atoms with Gasteiger partial charge in [-0.3, -0.25) is 14.9 Å². The molecule has 0 spiro atoms. The Morgan fingerprint density at radius 3 is 2.42 bits per heavy atom. The number of nitro groups is 1. The first-order valence-electron chi connectivity index (χ1n) is 7.23. The van der Waals surface area contributed by atoms with Crippen LogP contribution >= 0.6 is 11.6 Å². The van der Waals surface area contributed by atoms with Gasteiger partial charge in [-0.1, -0.05) is 11.6 Å². The molecule has 8 nitrogen and oxygen atoms in total. The van der Waals surface area contributed by atoms with E-state index in [1.165, 1.54) is 32.4 Å². The highest BCUT2D eigenvalue weighted by Crippen LogP contribution is 2.26. The third-order valence-electron chi connectivity index (χ3n) is 3.42. The standard InChI is InChI=1S/C17H14ClNO7/c1-24-11-4-6-16(25-2)13(8-11)15(20)9-26-17(21)12-7-10(18)3-5-14(12)19(22)23/h3-8H,9H2,1-2H3. The number of esters is 1. The molecule has 2 rings (SSSR count). The molecule has 0 unspecified atom stereocenters. The topological polar surface area (TPSA) is 105 Å². The molecule has 0 aliphatic rings. The molecule has 0 bridgehead atoms. The minimum Gasteiger partial charge on any atom is -0.497 e. The fourth-order valence-electron chi connectivity index (χ4n) is 2.15. The Labute approximate surface area is 153 Å². The van der Waals surface area contributed by atoms with Crippen molar-refractivity contribution < 1.29 is 28.7 Å². The summed E-state index contributed by atoms with van der Waals surface area (Å²) in [7, 11) is 2.83. The van der Waals surface area contributed by atoms with Crippen molar-refractivity contribution in [3.63, 3.8) is 0 Å². The fourth-order valence-corrected chi connectivity index (χ4v) is 2.32. The maximum absolute atomic E-state index is 12.3. The number of hydrogen-bond donors (Lipinski definition) is 0. The Balaban J connectivity index is 2.19. The number of methoxy groups -OCH3 is 2. The van der Waals surface area contributed by atoms with E-state index in [-0.39, 0.29) is 21.9 Å². The highest BCUT2D eigenvalue weighted by Gasteiger charge is 2.23. The van der Waals surface area contributed by atoms with E-state index < -0.39 is 29.0 Å². The van der Waals surface area contributed by atoms with Gasteiger partial charge in [-0.15, -0.1) is 0 Å². The second kappa shape index (κ2) is 8.30. The van der Waals surface area contributed by atoms with Gasteiger partial charge in [0.25, 0.3) is 5.69 Å². The Morgan fingerprint density at radius 1 is 1.08 bits per heavy atom. The highest BCUT2D eigenvalue weighted by atomic mass is 35.5. The quantitative estimate of drug-likeness (QED) is 0.314. The number of nitro benzene ring substituents is 1. The Morgan fingerprint density at radius 2 is 1.81 bits per heavy atom. The van der Waals surface area contributed by atoms with Crippen LogP contribution in [0.2, 0.25) is 5.02 Å². The van der Waals surface area contributed by atoms with Gasteiger partial charge in [0.2, 0.25) is 5.78 Å². The van der Waals surface area contributed by atoms with E-state index in [4.69, 9.17) is 25.8 Å². The van der Waals surface area contributed by atoms with E-state index >= 15 is 0 Å². The molecule has 2 aromatic carbocycles. The first kappa shape index (κ1) is 19.2. The molecule has 0 saturated heterocycles. The van der Waals surface area contributed by atoms with Crippen LogP contribution in [0.3, 0.4) is 0 Å². The van der Waals surface area contributed by atoms with E-state index in [0.29, 0.717) is 5.75 Å². The maximum Gasteiger partial charge on any atom is 0.345 e. The second-order valence-corrected chi connectivity index (χ2v) is 5.42. The SMILES string of the molecule is COc1ccc(OC)c(C(=O)COC(=O)c2cc(Cl)ccc2[N+](=O)[O-])c1. The molecule has 0 aliphatic carbocycles. The molecule has 0 heterocycles. The molecular formula is C17H14ClNO7. The lowest BCUT2D eigenvalue weighted by Gasteiger charge is -2.10. The van der Waals surface area contributed by atoms with E-state index in [9.17, 15) is 19.7 Å². The molecule has 0 saturated carbocycles. The zero-order valence-corrected chi connectivity index (χ0v) is 14.6. The number of rotatable bonds is 7. The minimum absolute atomic E-state index is 0.128. The molecule has 0 atom stereocenters. The van der Waals surface area contributed by atoms with Crippen LogP contribution in [0, 0.1) is 10.1 Å². The number of halogens is 1. The lowest BCUT2D eigenvalue weighted by molar-refractivity contribution is -0.385. The van der Waals surface area contributed by atoms with E-state index in [2.05, 4.69) is 0 Å². The number of ether oxygens (including phenoxy) is 3. The monoisotopic (exact) mass is 379 g/mol. The van der Waals surface area contributed by atoms with E-state index in [0.717, 1.165) is 12.1 Å². The number of hydrogen-bond acceptors (Lipinski definition) is 7. The maximum atomic E-state index is 12.3. The summed E-state index contributed by atoms with van der Waals surface area (Å²) in [5.41, 5.74) is -0.654. The van der Waals surface area contributed by atoms with Gasteiger partial charge >= 0.3 is 5.97 Å². The average Bonchev–Trinajstić information content (AvgIpc) is 2.64. The van der Waals surface area contributed by atoms with Crippen molar-refractivity contribution in [2.24, 2.45) is 0 Å². The van der Waals surface area contributed by atoms with E-state index in [1.807, 2.05) is 0 Å². The third-order valence-corrected chi connectivity index (χ3v) is 3.65. The number of carbonyl (C=O) groups is 2. The number of benzene rings is 2. The molecule has 0 radical (unpaired) electrons. The Hall–Kier alpha value is -3.13. The minimum atomic E-state index is -1.03. The van der Waals surface area contributed by atoms with Crippen LogP contribution in [0.4, 0.5) is 5.69 Å². The summed E-state index contributed by atoms with van der Waals surface area (Å²) < 4.78 is 15.1. The highest BCUT2D eigenvalue weighted by molar-refractivity contribution is 6.31. The van der Waals surface area contributed by atoms with Gasteiger partial charge in [0.15, 0.2) is 6.61 Å². The van der Waals surface area contributed by atoms with Gasteiger partial charge in [-0.25, -0.2) is 4.79 Å². The normalized spacial score (nSPS) is 10.1. The van der Waals surface area contributed by atoms with Crippen LogP contribution < -0.4 is 9.47 Å². The van der Waals surface area contributed by atoms with Crippen molar-refractivity contribution in [2.75, 3.05) is 20.8 Å². The molecule has 0 fully saturated rings. The van der Waals surface area contributed by atoms with Crippen molar-refractivity contribution in [3.8, 4) is 11.5 Å². The van der Waals surface area contributed by atoms with Crippen molar-refractivity contribution >= 4 is 29.0 Å². The molecule has 26 heavy (non-hydrogen) atoms. The number of Topliss-reactive ketones (excluding diaryl/α,β-unsaturated/α-hetero) is 1. The zero-order valence-electron chi connectivity index (χ0n) is 13.9. The molecule has 0 N–H and O–H groups in total. The van der Waals surface area contributed by atoms with Gasteiger partial charge in [0, 0.05) is 11.1 Å². The van der Waals surface area contributed by atoms with Gasteiger partial charge in [-0.05, 0) is 30.3 Å². The van der Waals surface area contributed by atoms with Gasteiger partial charge < -0.3 is 14.2 Å². The van der Waals surface area contributed by atoms with Gasteiger partial charge in [0.05, 0.1) is 24.7 Å². The van der Waals surface area contributed by atoms with Crippen LogP contribution in [0.1, 0.15) is 20.7 Å². The zero-order chi connectivity index (χ0) is 19.3. The first-order chi connectivity index (χ1) is 12.4. The predicted molar refractivity (Wildman–Crippen MR) is 92.3 cm³/mol. The average molecular weight is 380 g/mol. The third kappa shape index (κ3) is 4.28. The second-order valence-electron chi connectivity index (χ2n) is 4.98. The van der Waals surface area contributed by atoms with Crippen LogP contribution in [-0.4, -0.2) is 37.5 Å². The molecular weight excluding hydrogens is 366 g/mol. The Bertz CT molecular complexity index is 866. The molecule has 0 aromatic heterocycles. The predicted octanol–water partition coefficient (Wildman–Crippen LogP) is 3.31. The molecule has 0 amide bonds. The summed E-state index contributed by atoms with van der Waals surface area (Å²) in [6.45, 7) is -0.633. The summed E-state index contributed by atoms with van der Waals surface area (Å²) in [5.74, 6) is -0.889. The van der Waals surface area contributed by atoms with Crippen molar-refractivity contribution in [3.05, 3.63) is 62.7 Å². The smallest absolute Gasteiger partial charge is 0.345 e. The molecule has 136 valence electrons. The summed E-state index contributed by atoms with van der Waals surface area (Å²) in [5, 5.41) is 11.1. The summed E-state index contributed by atoms with van der Waals surface area (Å²) in [6, 6.07) is 8.07. The summed E-state index contributed by atoms with van der Waals surface area (Å²) in [4.78, 5) is 34.8. The lowest BCUT2D eigenvalue weighted by Crippen LogP contribution is -2.16. The van der Waals surface area contributed by atoms with E-state index in [1.54, 1.807) is 6.07 Å². The lowest BCUT2D eigenvalue weighted by atomic mass is 10.1. The number of nitrogens with zero attached hydrogens (tertiary/aromatic N) is 1. The fraction of sp³-hybridized carbons (Fsp3) is 0.176. The van der Waals surface area contributed by atoms with Crippen LogP contribution in [0.15, 0.2) is 36.4 Å².